The monoisotopic (exact) mass is 301 g/mol. The lowest BCUT2D eigenvalue weighted by Gasteiger charge is -2.04. The highest BCUT2D eigenvalue weighted by molar-refractivity contribution is 9.10. The summed E-state index contributed by atoms with van der Waals surface area (Å²) in [6.45, 7) is 0. The van der Waals surface area contributed by atoms with Crippen LogP contribution in [0.4, 0.5) is 0 Å². The van der Waals surface area contributed by atoms with Crippen molar-refractivity contribution in [3.05, 3.63) is 64.1 Å². The number of hydrogen-bond acceptors (Lipinski definition) is 3. The number of rotatable bonds is 2. The Morgan fingerprint density at radius 2 is 1.89 bits per heavy atom. The highest BCUT2D eigenvalue weighted by atomic mass is 79.9. The summed E-state index contributed by atoms with van der Waals surface area (Å²) in [7, 11) is 0. The van der Waals surface area contributed by atoms with E-state index in [-0.39, 0.29) is 0 Å². The number of hydrogen-bond donors (Lipinski definition) is 0. The molecule has 4 heteroatoms. The van der Waals surface area contributed by atoms with Crippen molar-refractivity contribution < 1.29 is 9.53 Å². The largest absolute Gasteiger partial charge is 0.423 e. The van der Waals surface area contributed by atoms with Crippen LogP contribution in [0.15, 0.2) is 53.0 Å². The highest BCUT2D eigenvalue weighted by Gasteiger charge is 2.08. The first-order valence-electron chi connectivity index (χ1n) is 5.17. The van der Waals surface area contributed by atoms with Gasteiger partial charge in [-0.25, -0.2) is 4.79 Å². The fourth-order valence-electron chi connectivity index (χ4n) is 1.38. The minimum atomic E-state index is -0.477. The molecule has 0 aliphatic carbocycles. The zero-order valence-corrected chi connectivity index (χ0v) is 10.8. The molecule has 3 nitrogen and oxygen atoms in total. The van der Waals surface area contributed by atoms with Crippen LogP contribution in [0, 0.1) is 11.3 Å². The van der Waals surface area contributed by atoms with E-state index >= 15 is 0 Å². The molecule has 0 atom stereocenters. The first-order valence-corrected chi connectivity index (χ1v) is 5.96. The topological polar surface area (TPSA) is 50.1 Å². The van der Waals surface area contributed by atoms with Gasteiger partial charge in [0.25, 0.3) is 0 Å². The molecule has 88 valence electrons. The van der Waals surface area contributed by atoms with Gasteiger partial charge in [0, 0.05) is 4.47 Å². The number of benzene rings is 2. The molecule has 2 aromatic carbocycles. The van der Waals surface area contributed by atoms with Crippen LogP contribution in [-0.4, -0.2) is 5.97 Å². The number of nitrogens with zero attached hydrogens (tertiary/aromatic N) is 1. The van der Waals surface area contributed by atoms with E-state index in [1.165, 1.54) is 6.07 Å². The molecule has 0 radical (unpaired) electrons. The van der Waals surface area contributed by atoms with Gasteiger partial charge in [-0.05, 0) is 42.5 Å². The molecule has 2 aromatic rings. The van der Waals surface area contributed by atoms with Crippen molar-refractivity contribution in [1.82, 2.24) is 0 Å². The van der Waals surface area contributed by atoms with Gasteiger partial charge in [0.05, 0.1) is 17.2 Å². The maximum Gasteiger partial charge on any atom is 0.343 e. The van der Waals surface area contributed by atoms with E-state index in [4.69, 9.17) is 10.00 Å². The van der Waals surface area contributed by atoms with Crippen LogP contribution in [0.5, 0.6) is 5.75 Å². The number of carbonyl (C=O) groups excluding carboxylic acids is 1. The van der Waals surface area contributed by atoms with Crippen molar-refractivity contribution >= 4 is 21.9 Å². The molecule has 0 spiro atoms. The van der Waals surface area contributed by atoms with Gasteiger partial charge >= 0.3 is 5.97 Å². The Hall–Kier alpha value is -2.12. The summed E-state index contributed by atoms with van der Waals surface area (Å²) in [5.41, 5.74) is 0.789. The van der Waals surface area contributed by atoms with Crippen LogP contribution in [0.1, 0.15) is 15.9 Å². The van der Waals surface area contributed by atoms with Crippen LogP contribution >= 0.6 is 15.9 Å². The fraction of sp³-hybridized carbons (Fsp3) is 0. The molecule has 0 amide bonds. The number of halogens is 1. The van der Waals surface area contributed by atoms with Crippen molar-refractivity contribution in [1.29, 1.82) is 5.26 Å². The summed E-state index contributed by atoms with van der Waals surface area (Å²) in [5, 5.41) is 8.76. The van der Waals surface area contributed by atoms with Crippen molar-refractivity contribution in [3.63, 3.8) is 0 Å². The number of esters is 1. The molecular formula is C14H8BrNO2. The van der Waals surface area contributed by atoms with Crippen LogP contribution in [0.3, 0.4) is 0 Å². The molecule has 0 aliphatic heterocycles. The van der Waals surface area contributed by atoms with Gasteiger partial charge in [-0.3, -0.25) is 0 Å². The first-order chi connectivity index (χ1) is 8.69. The van der Waals surface area contributed by atoms with Crippen LogP contribution in [0.2, 0.25) is 0 Å². The summed E-state index contributed by atoms with van der Waals surface area (Å²) < 4.78 is 6.10. The summed E-state index contributed by atoms with van der Waals surface area (Å²) in [6, 6.07) is 15.3. The molecule has 0 aliphatic rings. The molecule has 0 saturated carbocycles. The summed E-state index contributed by atoms with van der Waals surface area (Å²) in [6.07, 6.45) is 0. The Labute approximate surface area is 113 Å². The molecule has 0 heterocycles. The minimum Gasteiger partial charge on any atom is -0.423 e. The zero-order chi connectivity index (χ0) is 13.0. The summed E-state index contributed by atoms with van der Waals surface area (Å²) in [4.78, 5) is 11.8. The second-order valence-electron chi connectivity index (χ2n) is 3.54. The maximum atomic E-state index is 11.8. The van der Waals surface area contributed by atoms with E-state index in [9.17, 15) is 4.79 Å². The molecule has 0 N–H and O–H groups in total. The van der Waals surface area contributed by atoms with Crippen LogP contribution in [-0.2, 0) is 0 Å². The van der Waals surface area contributed by atoms with Gasteiger partial charge < -0.3 is 4.74 Å². The van der Waals surface area contributed by atoms with Crippen LogP contribution < -0.4 is 4.74 Å². The molecule has 0 saturated heterocycles. The van der Waals surface area contributed by atoms with E-state index in [0.717, 1.165) is 4.47 Å². The van der Waals surface area contributed by atoms with Gasteiger partial charge in [0.2, 0.25) is 0 Å². The predicted octanol–water partition coefficient (Wildman–Crippen LogP) is 3.54. The normalized spacial score (nSPS) is 9.56. The lowest BCUT2D eigenvalue weighted by Crippen LogP contribution is -2.08. The summed E-state index contributed by atoms with van der Waals surface area (Å²) in [5.74, 6) is -0.0139. The van der Waals surface area contributed by atoms with Gasteiger partial charge in [0.15, 0.2) is 0 Å². The first kappa shape index (κ1) is 12.3. The average molecular weight is 302 g/mol. The smallest absolute Gasteiger partial charge is 0.343 e. The van der Waals surface area contributed by atoms with E-state index in [2.05, 4.69) is 15.9 Å². The highest BCUT2D eigenvalue weighted by Crippen LogP contribution is 2.17. The number of nitriles is 1. The Morgan fingerprint density at radius 3 is 2.56 bits per heavy atom. The Balaban J connectivity index is 2.17. The molecule has 2 rings (SSSR count). The third-order valence-electron chi connectivity index (χ3n) is 2.25. The van der Waals surface area contributed by atoms with Gasteiger partial charge in [-0.1, -0.05) is 22.0 Å². The molecule has 0 bridgehead atoms. The standard InChI is InChI=1S/C14H8BrNO2/c15-12-4-6-13(7-5-12)18-14(17)11-3-1-2-10(8-11)9-16/h1-8H. The molecular weight excluding hydrogens is 294 g/mol. The Morgan fingerprint density at radius 1 is 1.17 bits per heavy atom. The zero-order valence-electron chi connectivity index (χ0n) is 9.26. The van der Waals surface area contributed by atoms with Gasteiger partial charge in [-0.15, -0.1) is 0 Å². The number of ether oxygens (including phenoxy) is 1. The number of carbonyl (C=O) groups is 1. The van der Waals surface area contributed by atoms with Crippen molar-refractivity contribution in [2.24, 2.45) is 0 Å². The van der Waals surface area contributed by atoms with E-state index < -0.39 is 5.97 Å². The predicted molar refractivity (Wildman–Crippen MR) is 70.3 cm³/mol. The van der Waals surface area contributed by atoms with Gasteiger partial charge in [0.1, 0.15) is 5.75 Å². The van der Waals surface area contributed by atoms with Crippen molar-refractivity contribution in [2.75, 3.05) is 0 Å². The lowest BCUT2D eigenvalue weighted by molar-refractivity contribution is 0.0734. The third-order valence-corrected chi connectivity index (χ3v) is 2.78. The molecule has 0 fully saturated rings. The summed E-state index contributed by atoms with van der Waals surface area (Å²) >= 11 is 3.30. The maximum absolute atomic E-state index is 11.8. The Bertz CT molecular complexity index is 614. The van der Waals surface area contributed by atoms with E-state index in [1.807, 2.05) is 6.07 Å². The van der Waals surface area contributed by atoms with Crippen molar-refractivity contribution in [3.8, 4) is 11.8 Å². The average Bonchev–Trinajstić information content (AvgIpc) is 2.41. The molecule has 0 unspecified atom stereocenters. The SMILES string of the molecule is N#Cc1cccc(C(=O)Oc2ccc(Br)cc2)c1. The minimum absolute atomic E-state index is 0.358. The second-order valence-corrected chi connectivity index (χ2v) is 4.45. The molecule has 0 aromatic heterocycles. The van der Waals surface area contributed by atoms with E-state index in [1.54, 1.807) is 42.5 Å². The second kappa shape index (κ2) is 5.48. The molecule has 18 heavy (non-hydrogen) atoms. The third kappa shape index (κ3) is 2.96. The Kier molecular flexibility index (Phi) is 3.75. The van der Waals surface area contributed by atoms with Gasteiger partial charge in [-0.2, -0.15) is 5.26 Å². The van der Waals surface area contributed by atoms with E-state index in [0.29, 0.717) is 16.9 Å². The van der Waals surface area contributed by atoms with Crippen molar-refractivity contribution in [2.45, 2.75) is 0 Å². The fourth-order valence-corrected chi connectivity index (χ4v) is 1.65. The quantitative estimate of drug-likeness (QED) is 0.630. The lowest BCUT2D eigenvalue weighted by atomic mass is 10.1. The van der Waals surface area contributed by atoms with Crippen LogP contribution in [0.25, 0.3) is 0 Å².